The van der Waals surface area contributed by atoms with Crippen LogP contribution in [0.2, 0.25) is 0 Å². The molecule has 0 bridgehead atoms. The second kappa shape index (κ2) is 7.50. The molecule has 1 N–H and O–H groups in total. The van der Waals surface area contributed by atoms with Gasteiger partial charge < -0.3 is 19.4 Å². The van der Waals surface area contributed by atoms with E-state index in [2.05, 4.69) is 47.0 Å². The van der Waals surface area contributed by atoms with Crippen molar-refractivity contribution in [3.63, 3.8) is 0 Å². The molecule has 2 aromatic heterocycles. The van der Waals surface area contributed by atoms with Crippen LogP contribution in [0.1, 0.15) is 33.6 Å². The van der Waals surface area contributed by atoms with Gasteiger partial charge in [0.1, 0.15) is 5.65 Å². The number of fused-ring (bicyclic) bond motifs is 1. The number of hydrogen-bond donors (Lipinski definition) is 1. The van der Waals surface area contributed by atoms with Crippen LogP contribution in [0.25, 0.3) is 5.65 Å². The highest BCUT2D eigenvalue weighted by molar-refractivity contribution is 9.10. The smallest absolute Gasteiger partial charge is 0.409 e. The predicted molar refractivity (Wildman–Crippen MR) is 107 cm³/mol. The number of aromatic nitrogens is 2. The number of hydrogen-bond acceptors (Lipinski definition) is 4. The largest absolute Gasteiger partial charge is 0.453 e. The van der Waals surface area contributed by atoms with Crippen molar-refractivity contribution in [1.82, 2.24) is 14.3 Å². The number of carbonyl (C=O) groups is 2. The summed E-state index contributed by atoms with van der Waals surface area (Å²) in [5.74, 6) is 0.506. The first-order chi connectivity index (χ1) is 12.7. The molecule has 27 heavy (non-hydrogen) atoms. The van der Waals surface area contributed by atoms with Crippen molar-refractivity contribution in [2.24, 2.45) is 11.3 Å². The number of anilines is 1. The van der Waals surface area contributed by atoms with Crippen LogP contribution in [0.5, 0.6) is 0 Å². The number of halogens is 1. The van der Waals surface area contributed by atoms with E-state index in [4.69, 9.17) is 4.74 Å². The monoisotopic (exact) mass is 436 g/mol. The Labute approximate surface area is 167 Å². The van der Waals surface area contributed by atoms with Crippen LogP contribution < -0.4 is 5.32 Å². The zero-order valence-electron chi connectivity index (χ0n) is 16.0. The minimum Gasteiger partial charge on any atom is -0.453 e. The van der Waals surface area contributed by atoms with Crippen molar-refractivity contribution >= 4 is 39.4 Å². The summed E-state index contributed by atoms with van der Waals surface area (Å²) in [6.45, 7) is 6.87. The molecule has 2 unspecified atom stereocenters. The van der Waals surface area contributed by atoms with Gasteiger partial charge in [0.2, 0.25) is 5.91 Å². The molecular weight excluding hydrogens is 412 g/mol. The van der Waals surface area contributed by atoms with Crippen molar-refractivity contribution in [1.29, 1.82) is 0 Å². The number of likely N-dealkylation sites (tertiary alicyclic amines) is 1. The second-order valence-corrected chi connectivity index (χ2v) is 8.93. The zero-order chi connectivity index (χ0) is 19.8. The van der Waals surface area contributed by atoms with Gasteiger partial charge in [-0.3, -0.25) is 4.79 Å². The summed E-state index contributed by atoms with van der Waals surface area (Å²) in [5, 5.41) is 2.89. The topological polar surface area (TPSA) is 75.9 Å². The summed E-state index contributed by atoms with van der Waals surface area (Å²) in [6.07, 6.45) is 4.46. The second-order valence-electron chi connectivity index (χ2n) is 8.01. The molecule has 0 spiro atoms. The quantitative estimate of drug-likeness (QED) is 0.790. The van der Waals surface area contributed by atoms with E-state index < -0.39 is 0 Å². The molecule has 3 rings (SSSR count). The van der Waals surface area contributed by atoms with E-state index in [1.807, 2.05) is 22.7 Å². The van der Waals surface area contributed by atoms with Crippen molar-refractivity contribution in [2.45, 2.75) is 39.7 Å². The lowest BCUT2D eigenvalue weighted by Crippen LogP contribution is -2.46. The van der Waals surface area contributed by atoms with E-state index >= 15 is 0 Å². The molecule has 1 fully saturated rings. The van der Waals surface area contributed by atoms with Gasteiger partial charge in [-0.05, 0) is 45.8 Å². The molecule has 1 aliphatic heterocycles. The van der Waals surface area contributed by atoms with Crippen LogP contribution in [0.3, 0.4) is 0 Å². The summed E-state index contributed by atoms with van der Waals surface area (Å²) in [6, 6.07) is 3.73. The number of amides is 2. The Hall–Kier alpha value is -2.09. The first kappa shape index (κ1) is 19.7. The predicted octanol–water partition coefficient (Wildman–Crippen LogP) is 3.93. The van der Waals surface area contributed by atoms with E-state index in [0.29, 0.717) is 18.8 Å². The third-order valence-corrected chi connectivity index (χ3v) is 5.42. The van der Waals surface area contributed by atoms with E-state index in [1.54, 1.807) is 11.1 Å². The van der Waals surface area contributed by atoms with Crippen LogP contribution in [-0.2, 0) is 9.53 Å². The fourth-order valence-corrected chi connectivity index (χ4v) is 4.38. The van der Waals surface area contributed by atoms with Crippen LogP contribution in [-0.4, -0.2) is 46.0 Å². The molecule has 2 amide bonds. The highest BCUT2D eigenvalue weighted by atomic mass is 79.9. The summed E-state index contributed by atoms with van der Waals surface area (Å²) < 4.78 is 7.71. The van der Waals surface area contributed by atoms with Crippen molar-refractivity contribution in [3.05, 3.63) is 29.0 Å². The maximum atomic E-state index is 12.6. The summed E-state index contributed by atoms with van der Waals surface area (Å²) >= 11 is 3.42. The maximum absolute atomic E-state index is 12.6. The fourth-order valence-electron chi connectivity index (χ4n) is 4.02. The molecule has 2 atom stereocenters. The van der Waals surface area contributed by atoms with Gasteiger partial charge >= 0.3 is 6.09 Å². The van der Waals surface area contributed by atoms with Crippen molar-refractivity contribution in [3.8, 4) is 0 Å². The lowest BCUT2D eigenvalue weighted by atomic mass is 9.78. The third kappa shape index (κ3) is 4.26. The number of nitrogens with one attached hydrogen (secondary N) is 1. The van der Waals surface area contributed by atoms with E-state index in [1.165, 1.54) is 7.11 Å². The number of carbonyl (C=O) groups excluding carboxylic acids is 2. The van der Waals surface area contributed by atoms with Crippen LogP contribution in [0.15, 0.2) is 29.0 Å². The van der Waals surface area contributed by atoms with Gasteiger partial charge in [-0.15, -0.1) is 0 Å². The van der Waals surface area contributed by atoms with Gasteiger partial charge in [-0.1, -0.05) is 20.8 Å². The molecule has 1 aliphatic rings. The van der Waals surface area contributed by atoms with Gasteiger partial charge in [0.15, 0.2) is 5.82 Å². The summed E-state index contributed by atoms with van der Waals surface area (Å²) in [7, 11) is 1.39. The van der Waals surface area contributed by atoms with Gasteiger partial charge in [-0.25, -0.2) is 9.78 Å². The average molecular weight is 437 g/mol. The van der Waals surface area contributed by atoms with Crippen LogP contribution in [0, 0.1) is 11.3 Å². The molecule has 1 saturated heterocycles. The van der Waals surface area contributed by atoms with E-state index in [0.717, 1.165) is 16.5 Å². The molecule has 146 valence electrons. The third-order valence-electron chi connectivity index (χ3n) is 4.95. The molecular formula is C19H25BrN4O3. The number of pyridine rings is 1. The highest BCUT2D eigenvalue weighted by Gasteiger charge is 2.44. The zero-order valence-corrected chi connectivity index (χ0v) is 17.6. The number of imidazole rings is 1. The fraction of sp³-hybridized carbons (Fsp3) is 0.526. The molecule has 0 saturated carbocycles. The Morgan fingerprint density at radius 2 is 2.07 bits per heavy atom. The molecule has 3 heterocycles. The van der Waals surface area contributed by atoms with Crippen molar-refractivity contribution in [2.75, 3.05) is 19.0 Å². The molecule has 0 aromatic carbocycles. The molecule has 8 heteroatoms. The van der Waals surface area contributed by atoms with Gasteiger partial charge in [0.25, 0.3) is 0 Å². The van der Waals surface area contributed by atoms with Crippen LogP contribution in [0.4, 0.5) is 10.6 Å². The number of nitrogens with zero attached hydrogens (tertiary/aromatic N) is 3. The van der Waals surface area contributed by atoms with Gasteiger partial charge in [-0.2, -0.15) is 0 Å². The number of methoxy groups -OCH3 is 1. The molecule has 0 radical (unpaired) electrons. The lowest BCUT2D eigenvalue weighted by Gasteiger charge is -2.37. The van der Waals surface area contributed by atoms with Crippen LogP contribution >= 0.6 is 15.9 Å². The first-order valence-corrected chi connectivity index (χ1v) is 9.77. The SMILES string of the molecule is COC(=O)N1CCC(CC(=O)Nc2cn3cc(Br)ccc3n2)C1C(C)(C)C. The Morgan fingerprint density at radius 3 is 2.74 bits per heavy atom. The normalized spacial score (nSPS) is 20.1. The Kier molecular flexibility index (Phi) is 5.46. The van der Waals surface area contributed by atoms with Crippen molar-refractivity contribution < 1.29 is 14.3 Å². The number of rotatable bonds is 3. The molecule has 2 aromatic rings. The minimum absolute atomic E-state index is 0.0484. The number of ether oxygens (including phenoxy) is 1. The minimum atomic E-state index is -0.330. The first-order valence-electron chi connectivity index (χ1n) is 8.97. The van der Waals surface area contributed by atoms with E-state index in [-0.39, 0.29) is 29.4 Å². The Bertz CT molecular complexity index is 858. The standard InChI is InChI=1S/C19H25BrN4O3/c1-19(2,3)17-12(7-8-24(17)18(26)27-4)9-16(25)22-14-11-23-10-13(20)5-6-15(23)21-14/h5-6,10-12,17H,7-9H2,1-4H3,(H,22,25). The lowest BCUT2D eigenvalue weighted by molar-refractivity contribution is -0.117. The highest BCUT2D eigenvalue weighted by Crippen LogP contribution is 2.39. The van der Waals surface area contributed by atoms with Gasteiger partial charge in [0.05, 0.1) is 13.3 Å². The average Bonchev–Trinajstić information content (AvgIpc) is 3.16. The molecule has 0 aliphatic carbocycles. The van der Waals surface area contributed by atoms with E-state index in [9.17, 15) is 9.59 Å². The summed E-state index contributed by atoms with van der Waals surface area (Å²) in [5.41, 5.74) is 0.615. The maximum Gasteiger partial charge on any atom is 0.409 e. The summed E-state index contributed by atoms with van der Waals surface area (Å²) in [4.78, 5) is 30.9. The Morgan fingerprint density at radius 1 is 1.33 bits per heavy atom. The van der Waals surface area contributed by atoms with Gasteiger partial charge in [0, 0.05) is 29.7 Å². The molecule has 7 nitrogen and oxygen atoms in total. The Balaban J connectivity index is 1.71.